The Bertz CT molecular complexity index is 1180. The van der Waals surface area contributed by atoms with E-state index in [2.05, 4.69) is 14.9 Å². The first-order valence-corrected chi connectivity index (χ1v) is 11.5. The third-order valence-electron chi connectivity index (χ3n) is 6.72. The van der Waals surface area contributed by atoms with Crippen LogP contribution in [0.1, 0.15) is 59.3 Å². The van der Waals surface area contributed by atoms with Crippen LogP contribution in [-0.4, -0.2) is 15.5 Å². The summed E-state index contributed by atoms with van der Waals surface area (Å²) in [6.07, 6.45) is 9.57. The van der Waals surface area contributed by atoms with Crippen molar-refractivity contribution in [3.63, 3.8) is 0 Å². The molecule has 0 aliphatic heterocycles. The lowest BCUT2D eigenvalue weighted by Gasteiger charge is -2.27. The standard InChI is InChI=1S/C27H31N3O2/c1-18-8-7-11-23(20(18)3)29-27(32)25-24(31)16-19(2)30(17-21-9-5-4-6-10-21)26(25)22-12-14-28-15-13-22/h7-8,11-16,21H,4-6,9-10,17H2,1-3H3,(H,29,32). The number of nitrogens with zero attached hydrogens (tertiary/aromatic N) is 2. The predicted molar refractivity (Wildman–Crippen MR) is 129 cm³/mol. The van der Waals surface area contributed by atoms with Gasteiger partial charge in [0.2, 0.25) is 0 Å². The maximum Gasteiger partial charge on any atom is 0.261 e. The molecule has 5 nitrogen and oxygen atoms in total. The SMILES string of the molecule is Cc1cccc(NC(=O)c2c(-c3ccncc3)n(CC3CCCCC3)c(C)cc2=O)c1C. The minimum absolute atomic E-state index is 0.193. The molecule has 166 valence electrons. The normalized spacial score (nSPS) is 14.3. The summed E-state index contributed by atoms with van der Waals surface area (Å²) in [5, 5.41) is 3.00. The minimum atomic E-state index is -0.368. The van der Waals surface area contributed by atoms with Gasteiger partial charge >= 0.3 is 0 Å². The van der Waals surface area contributed by atoms with Crippen molar-refractivity contribution < 1.29 is 4.79 Å². The van der Waals surface area contributed by atoms with Gasteiger partial charge < -0.3 is 9.88 Å². The van der Waals surface area contributed by atoms with Crippen LogP contribution < -0.4 is 10.7 Å². The highest BCUT2D eigenvalue weighted by atomic mass is 16.2. The van der Waals surface area contributed by atoms with E-state index in [1.165, 1.54) is 32.1 Å². The third kappa shape index (κ3) is 4.52. The van der Waals surface area contributed by atoms with Crippen LogP contribution >= 0.6 is 0 Å². The van der Waals surface area contributed by atoms with E-state index in [0.717, 1.165) is 34.6 Å². The number of aromatic nitrogens is 2. The average Bonchev–Trinajstić information content (AvgIpc) is 2.79. The lowest BCUT2D eigenvalue weighted by atomic mass is 9.88. The molecule has 1 aliphatic rings. The number of benzene rings is 1. The van der Waals surface area contributed by atoms with Crippen molar-refractivity contribution in [3.8, 4) is 11.3 Å². The number of aryl methyl sites for hydroxylation is 2. The first-order valence-electron chi connectivity index (χ1n) is 11.5. The van der Waals surface area contributed by atoms with E-state index in [1.807, 2.05) is 51.1 Å². The number of pyridine rings is 2. The summed E-state index contributed by atoms with van der Waals surface area (Å²) in [5.41, 5.74) is 5.17. The molecule has 1 aromatic carbocycles. The maximum absolute atomic E-state index is 13.5. The van der Waals surface area contributed by atoms with E-state index in [4.69, 9.17) is 0 Å². The lowest BCUT2D eigenvalue weighted by molar-refractivity contribution is 0.102. The molecule has 0 atom stereocenters. The largest absolute Gasteiger partial charge is 0.344 e. The Morgan fingerprint density at radius 3 is 2.50 bits per heavy atom. The van der Waals surface area contributed by atoms with Crippen LogP contribution in [0, 0.1) is 26.7 Å². The smallest absolute Gasteiger partial charge is 0.261 e. The van der Waals surface area contributed by atoms with Gasteiger partial charge in [-0.1, -0.05) is 31.4 Å². The van der Waals surface area contributed by atoms with Crippen molar-refractivity contribution in [2.75, 3.05) is 5.32 Å². The second-order valence-electron chi connectivity index (χ2n) is 8.93. The van der Waals surface area contributed by atoms with Gasteiger partial charge in [-0.3, -0.25) is 14.6 Å². The Kier molecular flexibility index (Phi) is 6.54. The second-order valence-corrected chi connectivity index (χ2v) is 8.93. The van der Waals surface area contributed by atoms with Gasteiger partial charge in [-0.05, 0) is 68.9 Å². The quantitative estimate of drug-likeness (QED) is 0.568. The second kappa shape index (κ2) is 9.51. The number of amides is 1. The first kappa shape index (κ1) is 22.0. The Labute approximate surface area is 189 Å². The molecule has 4 rings (SSSR count). The zero-order chi connectivity index (χ0) is 22.7. The zero-order valence-electron chi connectivity index (χ0n) is 19.1. The van der Waals surface area contributed by atoms with Crippen LogP contribution in [0.5, 0.6) is 0 Å². The Morgan fingerprint density at radius 1 is 1.06 bits per heavy atom. The van der Waals surface area contributed by atoms with Crippen molar-refractivity contribution in [3.05, 3.63) is 81.4 Å². The average molecular weight is 430 g/mol. The summed E-state index contributed by atoms with van der Waals surface area (Å²) in [6, 6.07) is 11.2. The van der Waals surface area contributed by atoms with Crippen molar-refractivity contribution in [2.45, 2.75) is 59.4 Å². The highest BCUT2D eigenvalue weighted by Gasteiger charge is 2.24. The predicted octanol–water partition coefficient (Wildman–Crippen LogP) is 5.67. The van der Waals surface area contributed by atoms with Crippen LogP contribution in [0.3, 0.4) is 0 Å². The van der Waals surface area contributed by atoms with Crippen molar-refractivity contribution in [1.29, 1.82) is 0 Å². The van der Waals surface area contributed by atoms with Crippen LogP contribution in [0.25, 0.3) is 11.3 Å². The van der Waals surface area contributed by atoms with E-state index >= 15 is 0 Å². The highest BCUT2D eigenvalue weighted by molar-refractivity contribution is 6.08. The van der Waals surface area contributed by atoms with Crippen molar-refractivity contribution in [2.24, 2.45) is 5.92 Å². The number of carbonyl (C=O) groups is 1. The fourth-order valence-electron chi connectivity index (χ4n) is 4.73. The molecule has 0 radical (unpaired) electrons. The van der Waals surface area contributed by atoms with Gasteiger partial charge in [0.05, 0.1) is 5.69 Å². The third-order valence-corrected chi connectivity index (χ3v) is 6.72. The summed E-state index contributed by atoms with van der Waals surface area (Å²) in [4.78, 5) is 30.8. The Hall–Kier alpha value is -3.21. The molecule has 1 aliphatic carbocycles. The maximum atomic E-state index is 13.5. The molecule has 0 unspecified atom stereocenters. The molecule has 1 N–H and O–H groups in total. The van der Waals surface area contributed by atoms with Crippen molar-refractivity contribution in [1.82, 2.24) is 9.55 Å². The molecule has 3 aromatic rings. The Balaban J connectivity index is 1.83. The van der Waals surface area contributed by atoms with E-state index in [9.17, 15) is 9.59 Å². The van der Waals surface area contributed by atoms with Crippen molar-refractivity contribution >= 4 is 11.6 Å². The van der Waals surface area contributed by atoms with E-state index in [1.54, 1.807) is 18.5 Å². The molecule has 0 bridgehead atoms. The van der Waals surface area contributed by atoms with Gasteiger partial charge in [0, 0.05) is 41.9 Å². The summed E-state index contributed by atoms with van der Waals surface area (Å²) in [5.74, 6) is 0.188. The first-order chi connectivity index (χ1) is 15.5. The number of carbonyl (C=O) groups excluding carboxylic acids is 1. The molecule has 1 saturated carbocycles. The molecule has 5 heteroatoms. The zero-order valence-corrected chi connectivity index (χ0v) is 19.1. The van der Waals surface area contributed by atoms with E-state index in [0.29, 0.717) is 11.6 Å². The fourth-order valence-corrected chi connectivity index (χ4v) is 4.73. The summed E-state index contributed by atoms with van der Waals surface area (Å²) in [6.45, 7) is 6.76. The van der Waals surface area contributed by atoms with Gasteiger partial charge in [0.1, 0.15) is 5.56 Å². The highest BCUT2D eigenvalue weighted by Crippen LogP contribution is 2.30. The van der Waals surface area contributed by atoms with Gasteiger partial charge in [-0.2, -0.15) is 0 Å². The fraction of sp³-hybridized carbons (Fsp3) is 0.370. The summed E-state index contributed by atoms with van der Waals surface area (Å²) in [7, 11) is 0. The number of nitrogens with one attached hydrogen (secondary N) is 1. The number of rotatable bonds is 5. The number of hydrogen-bond acceptors (Lipinski definition) is 3. The molecule has 1 amide bonds. The van der Waals surface area contributed by atoms with Crippen LogP contribution in [0.2, 0.25) is 0 Å². The molecule has 0 spiro atoms. The van der Waals surface area contributed by atoms with Crippen LogP contribution in [0.15, 0.2) is 53.6 Å². The molecule has 2 aromatic heterocycles. The molecule has 1 fully saturated rings. The van der Waals surface area contributed by atoms with Gasteiger partial charge in [0.25, 0.3) is 5.91 Å². The molecular weight excluding hydrogens is 398 g/mol. The van der Waals surface area contributed by atoms with Crippen LogP contribution in [0.4, 0.5) is 5.69 Å². The Morgan fingerprint density at radius 2 is 1.78 bits per heavy atom. The lowest BCUT2D eigenvalue weighted by Crippen LogP contribution is -2.28. The monoisotopic (exact) mass is 429 g/mol. The van der Waals surface area contributed by atoms with Gasteiger partial charge in [-0.15, -0.1) is 0 Å². The number of hydrogen-bond donors (Lipinski definition) is 1. The summed E-state index contributed by atoms with van der Waals surface area (Å²) < 4.78 is 2.17. The molecule has 32 heavy (non-hydrogen) atoms. The summed E-state index contributed by atoms with van der Waals surface area (Å²) >= 11 is 0. The van der Waals surface area contributed by atoms with E-state index in [-0.39, 0.29) is 16.9 Å². The molecule has 0 saturated heterocycles. The minimum Gasteiger partial charge on any atom is -0.344 e. The van der Waals surface area contributed by atoms with E-state index < -0.39 is 0 Å². The number of anilines is 1. The molecule has 2 heterocycles. The molecular formula is C27H31N3O2. The topological polar surface area (TPSA) is 64.0 Å². The van der Waals surface area contributed by atoms with Gasteiger partial charge in [0.15, 0.2) is 5.43 Å². The van der Waals surface area contributed by atoms with Gasteiger partial charge in [-0.25, -0.2) is 0 Å². The van der Waals surface area contributed by atoms with Crippen LogP contribution in [-0.2, 0) is 6.54 Å².